The van der Waals surface area contributed by atoms with E-state index in [0.29, 0.717) is 36.6 Å². The van der Waals surface area contributed by atoms with E-state index < -0.39 is 18.3 Å². The molecule has 158 valence electrons. The van der Waals surface area contributed by atoms with Crippen LogP contribution in [0.1, 0.15) is 73.0 Å². The third-order valence-corrected chi connectivity index (χ3v) is 5.74. The molecule has 1 saturated heterocycles. The molecule has 0 radical (unpaired) electrons. The van der Waals surface area contributed by atoms with Crippen molar-refractivity contribution in [2.45, 2.75) is 70.3 Å². The van der Waals surface area contributed by atoms with Crippen LogP contribution >= 0.6 is 0 Å². The second-order valence-electron chi connectivity index (χ2n) is 7.65. The van der Waals surface area contributed by atoms with Gasteiger partial charge in [0.05, 0.1) is 11.7 Å². The quantitative estimate of drug-likeness (QED) is 0.828. The van der Waals surface area contributed by atoms with E-state index in [1.54, 1.807) is 17.9 Å². The third kappa shape index (κ3) is 3.58. The summed E-state index contributed by atoms with van der Waals surface area (Å²) in [7, 11) is 0. The number of carbonyl (C=O) groups excluding carboxylic acids is 1. The summed E-state index contributed by atoms with van der Waals surface area (Å²) in [4.78, 5) is 14.6. The first-order valence-corrected chi connectivity index (χ1v) is 9.82. The minimum absolute atomic E-state index is 0.0643. The van der Waals surface area contributed by atoms with Crippen molar-refractivity contribution in [3.05, 3.63) is 23.1 Å². The fourth-order valence-corrected chi connectivity index (χ4v) is 4.14. The lowest BCUT2D eigenvalue weighted by Crippen LogP contribution is -2.40. The summed E-state index contributed by atoms with van der Waals surface area (Å²) >= 11 is 0. The molecule has 0 aromatic carbocycles. The van der Waals surface area contributed by atoms with Crippen LogP contribution in [-0.2, 0) is 0 Å². The lowest BCUT2D eigenvalue weighted by Gasteiger charge is -2.34. The number of anilines is 1. The maximum atomic E-state index is 13.6. The van der Waals surface area contributed by atoms with Gasteiger partial charge in [0.25, 0.3) is 5.91 Å². The maximum absolute atomic E-state index is 13.6. The molecule has 2 aliphatic rings. The summed E-state index contributed by atoms with van der Waals surface area (Å²) in [6, 6.07) is -0.718. The Morgan fingerprint density at radius 1 is 1.34 bits per heavy atom. The summed E-state index contributed by atoms with van der Waals surface area (Å²) in [6.45, 7) is 3.96. The minimum Gasteiger partial charge on any atom is -0.367 e. The molecule has 0 unspecified atom stereocenters. The Bertz CT molecular complexity index is 893. The van der Waals surface area contributed by atoms with Gasteiger partial charge in [0, 0.05) is 18.7 Å². The first-order valence-electron chi connectivity index (χ1n) is 9.82. The Labute approximate surface area is 165 Å². The Hall–Kier alpha value is -2.59. The van der Waals surface area contributed by atoms with Crippen LogP contribution < -0.4 is 5.32 Å². The van der Waals surface area contributed by atoms with Crippen LogP contribution in [0.2, 0.25) is 0 Å². The SMILES string of the molecule is CC[C@@H]1C[C@H](C(F)(F)F)n2nc([C@H]3CCCCN3C(=O)c3nonc3C)cc2N1. The van der Waals surface area contributed by atoms with Crippen LogP contribution in [0.4, 0.5) is 19.0 Å². The fourth-order valence-electron chi connectivity index (χ4n) is 4.14. The predicted octanol–water partition coefficient (Wildman–Crippen LogP) is 3.64. The van der Waals surface area contributed by atoms with Crippen molar-refractivity contribution in [2.75, 3.05) is 11.9 Å². The van der Waals surface area contributed by atoms with Crippen LogP contribution in [0.5, 0.6) is 0 Å². The van der Waals surface area contributed by atoms with Gasteiger partial charge in [-0.15, -0.1) is 0 Å². The summed E-state index contributed by atoms with van der Waals surface area (Å²) in [5, 5.41) is 14.8. The molecule has 0 aliphatic carbocycles. The molecule has 0 spiro atoms. The van der Waals surface area contributed by atoms with Crippen molar-refractivity contribution in [1.82, 2.24) is 25.0 Å². The number of fused-ring (bicyclic) bond motifs is 1. The van der Waals surface area contributed by atoms with Crippen molar-refractivity contribution < 1.29 is 22.6 Å². The Kier molecular flexibility index (Phi) is 4.99. The predicted molar refractivity (Wildman–Crippen MR) is 96.3 cm³/mol. The highest BCUT2D eigenvalue weighted by Gasteiger charge is 2.46. The molecule has 2 aromatic heterocycles. The number of halogens is 3. The topological polar surface area (TPSA) is 89.1 Å². The minimum atomic E-state index is -4.39. The summed E-state index contributed by atoms with van der Waals surface area (Å²) in [6.07, 6.45) is -1.58. The summed E-state index contributed by atoms with van der Waals surface area (Å²) in [5.41, 5.74) is 0.965. The van der Waals surface area contributed by atoms with E-state index >= 15 is 0 Å². The highest BCUT2D eigenvalue weighted by Crippen LogP contribution is 2.42. The van der Waals surface area contributed by atoms with E-state index in [-0.39, 0.29) is 24.1 Å². The van der Waals surface area contributed by atoms with E-state index in [2.05, 4.69) is 25.4 Å². The molecule has 2 aromatic rings. The molecule has 0 bridgehead atoms. The molecule has 4 heterocycles. The first kappa shape index (κ1) is 19.7. The van der Waals surface area contributed by atoms with Crippen LogP contribution in [0.15, 0.2) is 10.7 Å². The maximum Gasteiger partial charge on any atom is 0.410 e. The highest BCUT2D eigenvalue weighted by molar-refractivity contribution is 5.93. The number of aromatic nitrogens is 4. The van der Waals surface area contributed by atoms with Crippen molar-refractivity contribution in [3.8, 4) is 0 Å². The lowest BCUT2D eigenvalue weighted by atomic mass is 9.98. The molecule has 0 saturated carbocycles. The number of rotatable bonds is 3. The summed E-state index contributed by atoms with van der Waals surface area (Å²) in [5.74, 6) is 0.00358. The largest absolute Gasteiger partial charge is 0.410 e. The van der Waals surface area contributed by atoms with Gasteiger partial charge >= 0.3 is 6.18 Å². The number of amides is 1. The van der Waals surface area contributed by atoms with Crippen molar-refractivity contribution in [1.29, 1.82) is 0 Å². The summed E-state index contributed by atoms with van der Waals surface area (Å²) < 4.78 is 46.6. The first-order chi connectivity index (χ1) is 13.8. The van der Waals surface area contributed by atoms with Crippen molar-refractivity contribution >= 4 is 11.7 Å². The average Bonchev–Trinajstić information content (AvgIpc) is 3.31. The van der Waals surface area contributed by atoms with Crippen LogP contribution in [0.25, 0.3) is 0 Å². The van der Waals surface area contributed by atoms with Gasteiger partial charge in [0.15, 0.2) is 11.7 Å². The monoisotopic (exact) mass is 412 g/mol. The molecule has 1 amide bonds. The molecule has 3 atom stereocenters. The van der Waals surface area contributed by atoms with E-state index in [1.165, 1.54) is 0 Å². The van der Waals surface area contributed by atoms with Crippen LogP contribution in [-0.4, -0.2) is 49.7 Å². The van der Waals surface area contributed by atoms with Gasteiger partial charge in [-0.3, -0.25) is 4.79 Å². The average molecular weight is 412 g/mol. The lowest BCUT2D eigenvalue weighted by molar-refractivity contribution is -0.173. The number of likely N-dealkylation sites (tertiary alicyclic amines) is 1. The number of hydrogen-bond donors (Lipinski definition) is 1. The fraction of sp³-hybridized carbons (Fsp3) is 0.667. The van der Waals surface area contributed by atoms with E-state index in [9.17, 15) is 18.0 Å². The number of piperidine rings is 1. The number of alkyl halides is 3. The van der Waals surface area contributed by atoms with E-state index in [0.717, 1.165) is 17.5 Å². The van der Waals surface area contributed by atoms with Crippen molar-refractivity contribution in [3.63, 3.8) is 0 Å². The van der Waals surface area contributed by atoms with Crippen molar-refractivity contribution in [2.24, 2.45) is 0 Å². The van der Waals surface area contributed by atoms with E-state index in [1.807, 2.05) is 6.92 Å². The second-order valence-corrected chi connectivity index (χ2v) is 7.65. The van der Waals surface area contributed by atoms with Crippen LogP contribution in [0.3, 0.4) is 0 Å². The molecule has 1 N–H and O–H groups in total. The normalized spacial score (nSPS) is 24.9. The molecule has 29 heavy (non-hydrogen) atoms. The van der Waals surface area contributed by atoms with E-state index in [4.69, 9.17) is 0 Å². The third-order valence-electron chi connectivity index (χ3n) is 5.74. The van der Waals surface area contributed by atoms with Gasteiger partial charge in [-0.2, -0.15) is 18.3 Å². The smallest absolute Gasteiger partial charge is 0.367 e. The second kappa shape index (κ2) is 7.34. The molecule has 1 fully saturated rings. The molecule has 2 aliphatic heterocycles. The van der Waals surface area contributed by atoms with Gasteiger partial charge in [-0.25, -0.2) is 9.31 Å². The zero-order valence-electron chi connectivity index (χ0n) is 16.2. The van der Waals surface area contributed by atoms with Gasteiger partial charge < -0.3 is 10.2 Å². The zero-order chi connectivity index (χ0) is 20.8. The van der Waals surface area contributed by atoms with Gasteiger partial charge in [-0.05, 0) is 44.2 Å². The van der Waals surface area contributed by atoms with Crippen LogP contribution in [0, 0.1) is 6.92 Å². The van der Waals surface area contributed by atoms with Gasteiger partial charge in [0.1, 0.15) is 11.5 Å². The zero-order valence-corrected chi connectivity index (χ0v) is 16.2. The Balaban J connectivity index is 1.68. The number of carbonyl (C=O) groups is 1. The van der Waals surface area contributed by atoms with Gasteiger partial charge in [0.2, 0.25) is 0 Å². The Morgan fingerprint density at radius 3 is 2.79 bits per heavy atom. The standard InChI is InChI=1S/C18H23F3N6O2/c1-3-11-8-14(18(19,20)21)27-15(22-11)9-12(23-27)13-6-4-5-7-26(13)17(28)16-10(2)24-29-25-16/h9,11,13-14,22H,3-8H2,1-2H3/t11-,13-,14-/m1/s1. The highest BCUT2D eigenvalue weighted by atomic mass is 19.4. The molecular weight excluding hydrogens is 389 g/mol. The Morgan fingerprint density at radius 2 is 2.14 bits per heavy atom. The molecular formula is C18H23F3N6O2. The number of nitrogens with zero attached hydrogens (tertiary/aromatic N) is 5. The number of nitrogens with one attached hydrogen (secondary N) is 1. The number of aryl methyl sites for hydroxylation is 1. The number of hydrogen-bond acceptors (Lipinski definition) is 6. The molecule has 11 heteroatoms. The molecule has 8 nitrogen and oxygen atoms in total. The molecule has 4 rings (SSSR count). The van der Waals surface area contributed by atoms with Gasteiger partial charge in [-0.1, -0.05) is 12.1 Å².